The molecule has 0 saturated heterocycles. The minimum absolute atomic E-state index is 0.136. The molecule has 0 aliphatic heterocycles. The van der Waals surface area contributed by atoms with Crippen molar-refractivity contribution in [3.8, 4) is 11.1 Å². The summed E-state index contributed by atoms with van der Waals surface area (Å²) in [5.41, 5.74) is 11.8. The zero-order valence-corrected chi connectivity index (χ0v) is 20.6. The van der Waals surface area contributed by atoms with Crippen LogP contribution < -0.4 is 0 Å². The normalized spacial score (nSPS) is 22.9. The van der Waals surface area contributed by atoms with Gasteiger partial charge in [-0.1, -0.05) is 99.6 Å². The number of hydrogen-bond donors (Lipinski definition) is 0. The average molecular weight is 391 g/mol. The summed E-state index contributed by atoms with van der Waals surface area (Å²) in [6.45, 7) is 22.8. The Kier molecular flexibility index (Phi) is 5.57. The molecule has 1 unspecified atom stereocenters. The Morgan fingerprint density at radius 1 is 0.690 bits per heavy atom. The van der Waals surface area contributed by atoms with Gasteiger partial charge >= 0.3 is 0 Å². The largest absolute Gasteiger partial charge is 0.0683 e. The van der Waals surface area contributed by atoms with Crippen molar-refractivity contribution in [2.24, 2.45) is 0 Å². The fraction of sp³-hybridized carbons (Fsp3) is 0.586. The van der Waals surface area contributed by atoms with Crippen LogP contribution in [0.2, 0.25) is 0 Å². The Labute approximate surface area is 180 Å². The van der Waals surface area contributed by atoms with Gasteiger partial charge in [0.25, 0.3) is 0 Å². The molecule has 0 bridgehead atoms. The summed E-state index contributed by atoms with van der Waals surface area (Å²) in [6.07, 6.45) is 3.93. The van der Waals surface area contributed by atoms with Crippen LogP contribution in [0.25, 0.3) is 11.1 Å². The van der Waals surface area contributed by atoms with E-state index in [2.05, 4.69) is 71.9 Å². The van der Waals surface area contributed by atoms with Crippen LogP contribution in [0.3, 0.4) is 0 Å². The minimum Gasteiger partial charge on any atom is -0.0683 e. The summed E-state index contributed by atoms with van der Waals surface area (Å²) in [5, 5.41) is 0. The van der Waals surface area contributed by atoms with Gasteiger partial charge in [0.2, 0.25) is 0 Å². The maximum absolute atomic E-state index is 2.49. The Hall–Kier alpha value is -1.56. The van der Waals surface area contributed by atoms with Gasteiger partial charge < -0.3 is 0 Å². The molecule has 3 aliphatic carbocycles. The first-order chi connectivity index (χ1) is 13.7. The molecule has 0 amide bonds. The fourth-order valence-electron chi connectivity index (χ4n) is 6.17. The van der Waals surface area contributed by atoms with Gasteiger partial charge in [-0.2, -0.15) is 0 Å². The van der Waals surface area contributed by atoms with Crippen LogP contribution in [0.5, 0.6) is 0 Å². The molecule has 2 aromatic carbocycles. The number of rotatable bonds is 0. The minimum atomic E-state index is 0.136. The maximum Gasteiger partial charge on any atom is -0.000557 e. The Morgan fingerprint density at radius 3 is 1.86 bits per heavy atom. The van der Waals surface area contributed by atoms with E-state index in [9.17, 15) is 0 Å². The van der Waals surface area contributed by atoms with Crippen LogP contribution in [0, 0.1) is 0 Å². The second-order valence-corrected chi connectivity index (χ2v) is 10.2. The molecule has 3 aliphatic rings. The molecule has 0 saturated carbocycles. The smallest absolute Gasteiger partial charge is 0.000557 e. The average Bonchev–Trinajstić information content (AvgIpc) is 2.73. The van der Waals surface area contributed by atoms with Crippen molar-refractivity contribution in [2.75, 3.05) is 0 Å². The maximum atomic E-state index is 2.49. The van der Waals surface area contributed by atoms with E-state index in [4.69, 9.17) is 0 Å². The number of benzene rings is 2. The molecule has 0 N–H and O–H groups in total. The molecule has 0 radical (unpaired) electrons. The summed E-state index contributed by atoms with van der Waals surface area (Å²) in [6, 6.07) is 12.1. The van der Waals surface area contributed by atoms with Gasteiger partial charge in [0.05, 0.1) is 0 Å². The summed E-state index contributed by atoms with van der Waals surface area (Å²) >= 11 is 0. The molecule has 0 nitrogen and oxygen atoms in total. The highest BCUT2D eigenvalue weighted by atomic mass is 14.6. The lowest BCUT2D eigenvalue weighted by molar-refractivity contribution is 0.291. The van der Waals surface area contributed by atoms with Crippen LogP contribution >= 0.6 is 0 Å². The Bertz CT molecular complexity index is 908. The summed E-state index contributed by atoms with van der Waals surface area (Å²) in [4.78, 5) is 0. The Morgan fingerprint density at radius 2 is 1.24 bits per heavy atom. The van der Waals surface area contributed by atoms with E-state index < -0.39 is 0 Å². The lowest BCUT2D eigenvalue weighted by Gasteiger charge is -2.54. The molecule has 29 heavy (non-hydrogen) atoms. The first-order valence-corrected chi connectivity index (χ1v) is 12.0. The first-order valence-electron chi connectivity index (χ1n) is 12.0. The van der Waals surface area contributed by atoms with Crippen molar-refractivity contribution in [3.05, 3.63) is 58.1 Å². The molecule has 5 rings (SSSR count). The third-order valence-electron chi connectivity index (χ3n) is 8.41. The van der Waals surface area contributed by atoms with Crippen molar-refractivity contribution < 1.29 is 0 Å². The monoisotopic (exact) mass is 390 g/mol. The second-order valence-electron chi connectivity index (χ2n) is 10.2. The summed E-state index contributed by atoms with van der Waals surface area (Å²) < 4.78 is 0. The van der Waals surface area contributed by atoms with E-state index in [1.54, 1.807) is 38.9 Å². The zero-order valence-electron chi connectivity index (χ0n) is 20.6. The van der Waals surface area contributed by atoms with Gasteiger partial charge in [-0.15, -0.1) is 0 Å². The third-order valence-corrected chi connectivity index (χ3v) is 8.41. The van der Waals surface area contributed by atoms with Crippen molar-refractivity contribution >= 4 is 0 Å². The van der Waals surface area contributed by atoms with Gasteiger partial charge in [0.1, 0.15) is 0 Å². The molecule has 0 spiro atoms. The van der Waals surface area contributed by atoms with Crippen molar-refractivity contribution in [1.82, 2.24) is 0 Å². The van der Waals surface area contributed by atoms with Gasteiger partial charge in [-0.25, -0.2) is 0 Å². The zero-order chi connectivity index (χ0) is 21.8. The SMILES string of the molecule is CC.CC.CC1(C)c2cccc3c2-c2c(ccc4c2C1CCC4)C(C)(C)C3(C)C. The lowest BCUT2D eigenvalue weighted by atomic mass is 9.49. The molecule has 0 fully saturated rings. The second kappa shape index (κ2) is 7.29. The van der Waals surface area contributed by atoms with Crippen molar-refractivity contribution in [2.45, 2.75) is 111 Å². The molecular weight excluding hydrogens is 348 g/mol. The van der Waals surface area contributed by atoms with Crippen LogP contribution in [0.4, 0.5) is 0 Å². The van der Waals surface area contributed by atoms with E-state index >= 15 is 0 Å². The van der Waals surface area contributed by atoms with Crippen LogP contribution in [0.15, 0.2) is 30.3 Å². The van der Waals surface area contributed by atoms with E-state index in [0.29, 0.717) is 5.92 Å². The molecule has 158 valence electrons. The van der Waals surface area contributed by atoms with E-state index in [1.807, 2.05) is 27.7 Å². The molecule has 0 heteroatoms. The van der Waals surface area contributed by atoms with Crippen molar-refractivity contribution in [3.63, 3.8) is 0 Å². The van der Waals surface area contributed by atoms with Gasteiger partial charge in [-0.3, -0.25) is 0 Å². The standard InChI is InChI=1S/C25H30.2C2H6/c1-23(2)16-10-7-9-15-13-14-19-22(20(15)16)21-17(23)11-8-12-18(21)24(3,4)25(19,5)6;2*1-2/h8,11-14,16H,7,9-10H2,1-6H3;2*1-2H3. The van der Waals surface area contributed by atoms with Crippen LogP contribution in [0.1, 0.15) is 116 Å². The molecule has 0 aromatic heterocycles. The van der Waals surface area contributed by atoms with Gasteiger partial charge in [0, 0.05) is 0 Å². The summed E-state index contributed by atoms with van der Waals surface area (Å²) in [5.74, 6) is 0.672. The van der Waals surface area contributed by atoms with E-state index in [1.165, 1.54) is 19.3 Å². The number of hydrogen-bond acceptors (Lipinski definition) is 0. The molecule has 0 heterocycles. The highest BCUT2D eigenvalue weighted by Gasteiger charge is 2.52. The first kappa shape index (κ1) is 22.1. The molecular formula is C29H42. The lowest BCUT2D eigenvalue weighted by Crippen LogP contribution is -2.46. The predicted octanol–water partition coefficient (Wildman–Crippen LogP) is 8.69. The molecule has 2 aromatic rings. The quantitative estimate of drug-likeness (QED) is 0.422. The third kappa shape index (κ3) is 2.70. The van der Waals surface area contributed by atoms with E-state index in [-0.39, 0.29) is 16.2 Å². The molecule has 1 atom stereocenters. The Balaban J connectivity index is 0.000000568. The van der Waals surface area contributed by atoms with Gasteiger partial charge in [-0.05, 0) is 80.4 Å². The van der Waals surface area contributed by atoms with Crippen LogP contribution in [-0.2, 0) is 22.7 Å². The van der Waals surface area contributed by atoms with Crippen LogP contribution in [-0.4, -0.2) is 0 Å². The predicted molar refractivity (Wildman–Crippen MR) is 129 cm³/mol. The van der Waals surface area contributed by atoms with Gasteiger partial charge in [0.15, 0.2) is 0 Å². The van der Waals surface area contributed by atoms with E-state index in [0.717, 1.165) is 0 Å². The topological polar surface area (TPSA) is 0 Å². The fourth-order valence-corrected chi connectivity index (χ4v) is 6.17. The van der Waals surface area contributed by atoms with Crippen molar-refractivity contribution in [1.29, 1.82) is 0 Å². The summed E-state index contributed by atoms with van der Waals surface area (Å²) in [7, 11) is 0. The highest BCUT2D eigenvalue weighted by Crippen LogP contribution is 2.63. The highest BCUT2D eigenvalue weighted by molar-refractivity contribution is 5.87. The number of aryl methyl sites for hydroxylation is 1.